The summed E-state index contributed by atoms with van der Waals surface area (Å²) in [4.78, 5) is -0.338. The third-order valence-corrected chi connectivity index (χ3v) is 5.77. The fourth-order valence-corrected chi connectivity index (χ4v) is 4.30. The monoisotopic (exact) mass is 429 g/mol. The molecule has 2 aromatic heterocycles. The van der Waals surface area contributed by atoms with Gasteiger partial charge in [-0.25, -0.2) is 17.8 Å². The van der Waals surface area contributed by atoms with Crippen LogP contribution in [0.3, 0.4) is 0 Å². The summed E-state index contributed by atoms with van der Waals surface area (Å²) < 4.78 is 92.7. The standard InChI is InChI=1S/C15H20F5N5O2S/c1-8(7-24-9(2)5-12(23-24)15(18,19)20)6-21-28(26,27)13-10(3)22-25(11(13)4)14(16)17/h5,8,14,21H,6-7H2,1-4H3. The molecule has 13 heteroatoms. The molecule has 158 valence electrons. The Morgan fingerprint density at radius 2 is 1.79 bits per heavy atom. The molecular formula is C15H20F5N5O2S. The summed E-state index contributed by atoms with van der Waals surface area (Å²) in [6.45, 7) is 2.54. The van der Waals surface area contributed by atoms with Gasteiger partial charge in [-0.1, -0.05) is 6.92 Å². The Bertz CT molecular complexity index is 949. The SMILES string of the molecule is Cc1nn(C(F)F)c(C)c1S(=O)(=O)NCC(C)Cn1nc(C(F)(F)F)cc1C. The van der Waals surface area contributed by atoms with Crippen molar-refractivity contribution in [1.82, 2.24) is 24.3 Å². The normalized spacial score (nSPS) is 14.1. The quantitative estimate of drug-likeness (QED) is 0.686. The summed E-state index contributed by atoms with van der Waals surface area (Å²) in [5.74, 6) is -0.416. The summed E-state index contributed by atoms with van der Waals surface area (Å²) >= 11 is 0. The summed E-state index contributed by atoms with van der Waals surface area (Å²) in [5, 5.41) is 7.03. The Balaban J connectivity index is 2.11. The van der Waals surface area contributed by atoms with Crippen molar-refractivity contribution in [2.45, 2.75) is 51.9 Å². The minimum Gasteiger partial charge on any atom is -0.269 e. The van der Waals surface area contributed by atoms with E-state index in [1.165, 1.54) is 20.8 Å². The van der Waals surface area contributed by atoms with Crippen molar-refractivity contribution in [3.8, 4) is 0 Å². The number of aryl methyl sites for hydroxylation is 2. The first-order valence-electron chi connectivity index (χ1n) is 8.19. The largest absolute Gasteiger partial charge is 0.435 e. The molecule has 1 atom stereocenters. The van der Waals surface area contributed by atoms with E-state index in [9.17, 15) is 30.4 Å². The van der Waals surface area contributed by atoms with E-state index in [1.54, 1.807) is 6.92 Å². The predicted molar refractivity (Wildman–Crippen MR) is 89.3 cm³/mol. The minimum absolute atomic E-state index is 0.0404. The van der Waals surface area contributed by atoms with Crippen LogP contribution in [0, 0.1) is 26.7 Å². The maximum Gasteiger partial charge on any atom is 0.435 e. The number of nitrogens with one attached hydrogen (secondary N) is 1. The molecule has 0 radical (unpaired) electrons. The molecule has 0 aliphatic carbocycles. The molecule has 0 aliphatic heterocycles. The van der Waals surface area contributed by atoms with E-state index in [0.717, 1.165) is 10.7 Å². The van der Waals surface area contributed by atoms with E-state index in [1.807, 2.05) is 0 Å². The van der Waals surface area contributed by atoms with Crippen LogP contribution >= 0.6 is 0 Å². The molecule has 7 nitrogen and oxygen atoms in total. The van der Waals surface area contributed by atoms with Gasteiger partial charge in [-0.2, -0.15) is 32.1 Å². The van der Waals surface area contributed by atoms with E-state index >= 15 is 0 Å². The highest BCUT2D eigenvalue weighted by Gasteiger charge is 2.34. The van der Waals surface area contributed by atoms with Gasteiger partial charge in [0, 0.05) is 18.8 Å². The van der Waals surface area contributed by atoms with Crippen LogP contribution in [-0.4, -0.2) is 34.5 Å². The zero-order valence-corrected chi connectivity index (χ0v) is 16.4. The van der Waals surface area contributed by atoms with Crippen LogP contribution in [0.5, 0.6) is 0 Å². The molecule has 2 heterocycles. The van der Waals surface area contributed by atoms with Gasteiger partial charge in [0.25, 0.3) is 0 Å². The lowest BCUT2D eigenvalue weighted by atomic mass is 10.2. The van der Waals surface area contributed by atoms with Crippen molar-refractivity contribution in [3.05, 3.63) is 28.8 Å². The highest BCUT2D eigenvalue weighted by Crippen LogP contribution is 2.28. The number of hydrogen-bond acceptors (Lipinski definition) is 4. The minimum atomic E-state index is -4.57. The van der Waals surface area contributed by atoms with E-state index in [4.69, 9.17) is 0 Å². The first-order chi connectivity index (χ1) is 12.7. The summed E-state index contributed by atoms with van der Waals surface area (Å²) in [7, 11) is -4.13. The Hall–Kier alpha value is -2.02. The summed E-state index contributed by atoms with van der Waals surface area (Å²) in [6.07, 6.45) is -4.57. The van der Waals surface area contributed by atoms with Gasteiger partial charge in [-0.05, 0) is 32.8 Å². The molecule has 0 amide bonds. The second-order valence-electron chi connectivity index (χ2n) is 6.53. The summed E-state index contributed by atoms with van der Waals surface area (Å²) in [5.41, 5.74) is -1.02. The molecule has 0 bridgehead atoms. The third kappa shape index (κ3) is 4.69. The van der Waals surface area contributed by atoms with Crippen molar-refractivity contribution in [1.29, 1.82) is 0 Å². The summed E-state index contributed by atoms with van der Waals surface area (Å²) in [6, 6.07) is 0.905. The lowest BCUT2D eigenvalue weighted by molar-refractivity contribution is -0.141. The number of halogens is 5. The van der Waals surface area contributed by atoms with E-state index < -0.39 is 34.4 Å². The van der Waals surface area contributed by atoms with Gasteiger partial charge in [0.2, 0.25) is 10.0 Å². The van der Waals surface area contributed by atoms with Crippen molar-refractivity contribution in [2.75, 3.05) is 6.54 Å². The maximum absolute atomic E-state index is 12.9. The Morgan fingerprint density at radius 3 is 2.25 bits per heavy atom. The van der Waals surface area contributed by atoms with E-state index in [0.29, 0.717) is 4.68 Å². The van der Waals surface area contributed by atoms with Gasteiger partial charge >= 0.3 is 12.7 Å². The average molecular weight is 429 g/mol. The first kappa shape index (κ1) is 22.3. The van der Waals surface area contributed by atoms with Gasteiger partial charge in [-0.3, -0.25) is 4.68 Å². The molecular weight excluding hydrogens is 409 g/mol. The smallest absolute Gasteiger partial charge is 0.269 e. The highest BCUT2D eigenvalue weighted by molar-refractivity contribution is 7.89. The Morgan fingerprint density at radius 1 is 1.18 bits per heavy atom. The number of aromatic nitrogens is 4. The van der Waals surface area contributed by atoms with Crippen LogP contribution in [0.25, 0.3) is 0 Å². The average Bonchev–Trinajstić information content (AvgIpc) is 3.06. The Labute approximate surface area is 158 Å². The molecule has 1 N–H and O–H groups in total. The molecule has 0 saturated heterocycles. The second kappa shape index (κ2) is 7.78. The third-order valence-electron chi connectivity index (χ3n) is 4.09. The van der Waals surface area contributed by atoms with Crippen LogP contribution in [0.2, 0.25) is 0 Å². The fourth-order valence-electron chi connectivity index (χ4n) is 2.74. The fraction of sp³-hybridized carbons (Fsp3) is 0.600. The number of nitrogens with zero attached hydrogens (tertiary/aromatic N) is 4. The number of sulfonamides is 1. The number of hydrogen-bond donors (Lipinski definition) is 1. The van der Waals surface area contributed by atoms with Gasteiger partial charge in [-0.15, -0.1) is 0 Å². The molecule has 0 fully saturated rings. The number of rotatable bonds is 7. The van der Waals surface area contributed by atoms with Crippen LogP contribution in [0.1, 0.15) is 36.2 Å². The van der Waals surface area contributed by atoms with Crippen molar-refractivity contribution in [3.63, 3.8) is 0 Å². The van der Waals surface area contributed by atoms with Crippen molar-refractivity contribution in [2.24, 2.45) is 5.92 Å². The molecule has 0 spiro atoms. The van der Waals surface area contributed by atoms with Crippen molar-refractivity contribution < 1.29 is 30.4 Å². The molecule has 2 aromatic rings. The lowest BCUT2D eigenvalue weighted by Crippen LogP contribution is -2.31. The predicted octanol–water partition coefficient (Wildman–Crippen LogP) is 3.03. The van der Waals surface area contributed by atoms with Crippen LogP contribution < -0.4 is 4.72 Å². The van der Waals surface area contributed by atoms with Crippen LogP contribution in [-0.2, 0) is 22.7 Å². The lowest BCUT2D eigenvalue weighted by Gasteiger charge is -2.14. The zero-order chi connectivity index (χ0) is 21.4. The second-order valence-corrected chi connectivity index (χ2v) is 8.23. The Kier molecular flexibility index (Phi) is 6.19. The molecule has 1 unspecified atom stereocenters. The van der Waals surface area contributed by atoms with Gasteiger partial charge in [0.15, 0.2) is 5.69 Å². The first-order valence-corrected chi connectivity index (χ1v) is 9.67. The van der Waals surface area contributed by atoms with E-state index in [-0.39, 0.29) is 35.1 Å². The highest BCUT2D eigenvalue weighted by atomic mass is 32.2. The topological polar surface area (TPSA) is 81.8 Å². The molecule has 0 saturated carbocycles. The van der Waals surface area contributed by atoms with Crippen LogP contribution in [0.15, 0.2) is 11.0 Å². The van der Waals surface area contributed by atoms with Gasteiger partial charge in [0.1, 0.15) is 4.90 Å². The van der Waals surface area contributed by atoms with Gasteiger partial charge < -0.3 is 0 Å². The van der Waals surface area contributed by atoms with Crippen LogP contribution in [0.4, 0.5) is 22.0 Å². The van der Waals surface area contributed by atoms with Gasteiger partial charge in [0.05, 0.1) is 11.4 Å². The zero-order valence-electron chi connectivity index (χ0n) is 15.5. The van der Waals surface area contributed by atoms with Crippen molar-refractivity contribution >= 4 is 10.0 Å². The van der Waals surface area contributed by atoms with E-state index in [2.05, 4.69) is 14.9 Å². The molecule has 0 aromatic carbocycles. The molecule has 0 aliphatic rings. The molecule has 28 heavy (non-hydrogen) atoms. The number of alkyl halides is 5. The molecule has 2 rings (SSSR count). The maximum atomic E-state index is 12.9.